The van der Waals surface area contributed by atoms with Crippen LogP contribution in [0.15, 0.2) is 28.7 Å². The summed E-state index contributed by atoms with van der Waals surface area (Å²) in [5.74, 6) is -7.92. The number of halogens is 1. The Kier molecular flexibility index (Phi) is 7.63. The fourth-order valence-electron chi connectivity index (χ4n) is 6.65. The van der Waals surface area contributed by atoms with Gasteiger partial charge in [0.25, 0.3) is 5.91 Å². The number of Topliss-reactive ketones (excluding diaryl/α,β-unsaturated/α-hetero) is 2. The highest BCUT2D eigenvalue weighted by atomic mass is 19.1. The van der Waals surface area contributed by atoms with Gasteiger partial charge in [-0.1, -0.05) is 20.8 Å². The lowest BCUT2D eigenvalue weighted by molar-refractivity contribution is -0.148. The van der Waals surface area contributed by atoms with Crippen molar-refractivity contribution in [3.63, 3.8) is 0 Å². The van der Waals surface area contributed by atoms with E-state index >= 15 is 4.39 Å². The smallest absolute Gasteiger partial charge is 0.255 e. The molecule has 3 aliphatic rings. The van der Waals surface area contributed by atoms with Crippen molar-refractivity contribution in [1.82, 2.24) is 9.80 Å². The molecule has 0 fully saturated rings. The molecule has 0 unspecified atom stereocenters. The van der Waals surface area contributed by atoms with Gasteiger partial charge in [0.2, 0.25) is 5.78 Å². The van der Waals surface area contributed by atoms with Crippen LogP contribution in [-0.2, 0) is 22.6 Å². The first-order valence-corrected chi connectivity index (χ1v) is 13.5. The van der Waals surface area contributed by atoms with E-state index in [2.05, 4.69) is 18.7 Å². The molecule has 0 bridgehead atoms. The number of allylic oxidation sites excluding steroid dienone is 1. The fraction of sp³-hybridized carbons (Fsp3) is 0.552. The maximum absolute atomic E-state index is 16.0. The molecule has 0 heterocycles. The number of nitrogens with zero attached hydrogens (tertiary/aromatic N) is 2. The highest BCUT2D eigenvalue weighted by Gasteiger charge is 2.63. The van der Waals surface area contributed by atoms with Crippen LogP contribution in [0, 0.1) is 23.6 Å². The molecule has 10 nitrogen and oxygen atoms in total. The van der Waals surface area contributed by atoms with Crippen LogP contribution < -0.4 is 5.73 Å². The Balaban J connectivity index is 1.86. The van der Waals surface area contributed by atoms with Crippen molar-refractivity contribution in [3.05, 3.63) is 51.2 Å². The molecule has 218 valence electrons. The van der Waals surface area contributed by atoms with Gasteiger partial charge in [0.1, 0.15) is 28.7 Å². The number of amides is 1. The van der Waals surface area contributed by atoms with Crippen molar-refractivity contribution < 1.29 is 39.2 Å². The number of ketones is 2. The largest absolute Gasteiger partial charge is 0.510 e. The van der Waals surface area contributed by atoms with Gasteiger partial charge in [-0.25, -0.2) is 4.39 Å². The Labute approximate surface area is 232 Å². The number of phenols is 1. The molecule has 0 saturated carbocycles. The fourth-order valence-corrected chi connectivity index (χ4v) is 6.65. The minimum absolute atomic E-state index is 0.00127. The summed E-state index contributed by atoms with van der Waals surface area (Å²) in [4.78, 5) is 42.6. The molecule has 0 aliphatic heterocycles. The quantitative estimate of drug-likeness (QED) is 0.315. The lowest BCUT2D eigenvalue weighted by Gasteiger charge is -2.50. The third-order valence-corrected chi connectivity index (χ3v) is 9.05. The number of nitrogens with two attached hydrogens (primary N) is 1. The van der Waals surface area contributed by atoms with Crippen LogP contribution in [0.2, 0.25) is 0 Å². The molecule has 0 spiro atoms. The summed E-state index contributed by atoms with van der Waals surface area (Å²) in [7, 11) is 3.10. The highest BCUT2D eigenvalue weighted by molar-refractivity contribution is 6.24. The van der Waals surface area contributed by atoms with Crippen LogP contribution in [0.5, 0.6) is 5.75 Å². The second-order valence-corrected chi connectivity index (χ2v) is 11.7. The van der Waals surface area contributed by atoms with Crippen LogP contribution in [0.1, 0.15) is 55.6 Å². The second-order valence-electron chi connectivity index (χ2n) is 11.7. The zero-order valence-corrected chi connectivity index (χ0v) is 23.7. The van der Waals surface area contributed by atoms with Crippen molar-refractivity contribution in [1.29, 1.82) is 0 Å². The molecule has 0 aromatic heterocycles. The zero-order valence-electron chi connectivity index (χ0n) is 23.7. The number of phenolic OH excluding ortho intramolecular Hbond substituents is 1. The molecule has 0 saturated heterocycles. The van der Waals surface area contributed by atoms with Gasteiger partial charge in [0.15, 0.2) is 11.4 Å². The number of benzene rings is 1. The lowest BCUT2D eigenvalue weighted by Crippen LogP contribution is -2.63. The van der Waals surface area contributed by atoms with Gasteiger partial charge >= 0.3 is 0 Å². The molecule has 1 aromatic carbocycles. The van der Waals surface area contributed by atoms with Gasteiger partial charge in [-0.15, -0.1) is 0 Å². The molecule has 11 heteroatoms. The highest BCUT2D eigenvalue weighted by Crippen LogP contribution is 2.52. The maximum Gasteiger partial charge on any atom is 0.255 e. The predicted molar refractivity (Wildman–Crippen MR) is 144 cm³/mol. The molecule has 3 aliphatic carbocycles. The Morgan fingerprint density at radius 1 is 1.20 bits per heavy atom. The first-order valence-electron chi connectivity index (χ1n) is 13.5. The number of rotatable bonds is 7. The van der Waals surface area contributed by atoms with Gasteiger partial charge < -0.3 is 26.2 Å². The summed E-state index contributed by atoms with van der Waals surface area (Å²) < 4.78 is 16.0. The monoisotopic (exact) mass is 559 g/mol. The van der Waals surface area contributed by atoms with Gasteiger partial charge in [-0.2, -0.15) is 0 Å². The lowest BCUT2D eigenvalue weighted by atomic mass is 9.58. The normalized spacial score (nSPS) is 27.3. The molecule has 40 heavy (non-hydrogen) atoms. The summed E-state index contributed by atoms with van der Waals surface area (Å²) >= 11 is 0. The third kappa shape index (κ3) is 4.22. The molecule has 0 radical (unpaired) electrons. The summed E-state index contributed by atoms with van der Waals surface area (Å²) in [5.41, 5.74) is 1.32. The number of aliphatic hydroxyl groups is 3. The Hall–Kier alpha value is -3.28. The SMILES string of the molecule is CCN(Cc1cc(O)c2c(c1F)C[C@H]1C[C@H]3[C@H](N(C)C)C(O)=C(C(N)=O)C(=O)[C@@]3(O)C(O)=C1C2=O)[C@H](C)C(C)C. The van der Waals surface area contributed by atoms with E-state index in [9.17, 15) is 34.8 Å². The van der Waals surface area contributed by atoms with Crippen LogP contribution >= 0.6 is 0 Å². The van der Waals surface area contributed by atoms with Gasteiger partial charge in [0, 0.05) is 35.2 Å². The third-order valence-electron chi connectivity index (χ3n) is 9.05. The average Bonchev–Trinajstić information content (AvgIpc) is 2.86. The van der Waals surface area contributed by atoms with Gasteiger partial charge in [0.05, 0.1) is 11.6 Å². The van der Waals surface area contributed by atoms with Crippen LogP contribution in [0.4, 0.5) is 4.39 Å². The molecular weight excluding hydrogens is 521 g/mol. The van der Waals surface area contributed by atoms with Crippen LogP contribution in [0.25, 0.3) is 0 Å². The average molecular weight is 560 g/mol. The number of likely N-dealkylation sites (N-methyl/N-ethyl adjacent to an activating group) is 1. The van der Waals surface area contributed by atoms with Crippen molar-refractivity contribution in [2.75, 3.05) is 20.6 Å². The van der Waals surface area contributed by atoms with Crippen molar-refractivity contribution in [3.8, 4) is 5.75 Å². The van der Waals surface area contributed by atoms with E-state index in [1.807, 2.05) is 13.8 Å². The second kappa shape index (κ2) is 10.3. The first kappa shape index (κ1) is 29.7. The number of hydrogen-bond acceptors (Lipinski definition) is 9. The molecular formula is C29H38FN3O7. The van der Waals surface area contributed by atoms with Crippen LogP contribution in [0.3, 0.4) is 0 Å². The van der Waals surface area contributed by atoms with Gasteiger partial charge in [-0.3, -0.25) is 24.2 Å². The van der Waals surface area contributed by atoms with E-state index in [1.54, 1.807) is 14.1 Å². The van der Waals surface area contributed by atoms with E-state index in [1.165, 1.54) is 11.0 Å². The molecule has 5 atom stereocenters. The first-order chi connectivity index (χ1) is 18.6. The molecule has 1 aromatic rings. The number of fused-ring (bicyclic) bond motifs is 3. The standard InChI is InChI=1S/C29H38FN3O7/c1-7-33(13(4)12(2)3)11-15-10-18(34)20-16(22(15)30)8-14-9-17-23(32(5)6)25(36)21(28(31)39)27(38)29(17,40)26(37)19(14)24(20)35/h10,12-14,17,23,34,36-37,40H,7-9,11H2,1-6H3,(H2,31,39)/t13-,14+,17+,23+,29+/m1/s1. The van der Waals surface area contributed by atoms with E-state index in [0.717, 1.165) is 0 Å². The zero-order chi connectivity index (χ0) is 30.0. The van der Waals surface area contributed by atoms with Crippen LogP contribution in [-0.4, -0.2) is 86.0 Å². The number of hydrogen-bond donors (Lipinski definition) is 5. The number of aromatic hydroxyl groups is 1. The number of carbonyl (C=O) groups is 3. The van der Waals surface area contributed by atoms with Crippen molar-refractivity contribution >= 4 is 17.5 Å². The molecule has 6 N–H and O–H groups in total. The van der Waals surface area contributed by atoms with E-state index in [-0.39, 0.29) is 47.7 Å². The Morgan fingerprint density at radius 2 is 1.82 bits per heavy atom. The van der Waals surface area contributed by atoms with Crippen molar-refractivity contribution in [2.24, 2.45) is 23.5 Å². The summed E-state index contributed by atoms with van der Waals surface area (Å²) in [6.07, 6.45) is -0.185. The summed E-state index contributed by atoms with van der Waals surface area (Å²) in [6, 6.07) is 0.231. The van der Waals surface area contributed by atoms with Crippen molar-refractivity contribution in [2.45, 2.75) is 64.8 Å². The summed E-state index contributed by atoms with van der Waals surface area (Å²) in [6.45, 7) is 8.98. The molecule has 4 rings (SSSR count). The maximum atomic E-state index is 16.0. The van der Waals surface area contributed by atoms with E-state index in [0.29, 0.717) is 12.5 Å². The number of aliphatic hydroxyl groups excluding tert-OH is 2. The molecule has 1 amide bonds. The Morgan fingerprint density at radius 3 is 2.35 bits per heavy atom. The van der Waals surface area contributed by atoms with Gasteiger partial charge in [-0.05, 0) is 58.3 Å². The van der Waals surface area contributed by atoms with E-state index in [4.69, 9.17) is 5.73 Å². The Bertz CT molecular complexity index is 1350. The topological polar surface area (TPSA) is 165 Å². The predicted octanol–water partition coefficient (Wildman–Crippen LogP) is 2.13. The number of primary amides is 1. The minimum Gasteiger partial charge on any atom is -0.510 e. The van der Waals surface area contributed by atoms with E-state index < -0.39 is 69.6 Å². The minimum atomic E-state index is -2.73. The number of carbonyl (C=O) groups excluding carboxylic acids is 3. The summed E-state index contributed by atoms with van der Waals surface area (Å²) in [5, 5.41) is 44.7.